The van der Waals surface area contributed by atoms with E-state index in [2.05, 4.69) is 9.30 Å². The summed E-state index contributed by atoms with van der Waals surface area (Å²) in [6.07, 6.45) is 4.97. The van der Waals surface area contributed by atoms with Crippen molar-refractivity contribution in [3.05, 3.63) is 42.0 Å². The molecule has 0 spiro atoms. The first kappa shape index (κ1) is 18.3. The first-order chi connectivity index (χ1) is 13.6. The highest BCUT2D eigenvalue weighted by molar-refractivity contribution is 6.19. The van der Waals surface area contributed by atoms with E-state index in [-0.39, 0.29) is 6.61 Å². The molecule has 1 aromatic heterocycles. The zero-order valence-electron chi connectivity index (χ0n) is 15.9. The molecule has 6 nitrogen and oxygen atoms in total. The molecule has 0 saturated heterocycles. The highest BCUT2D eigenvalue weighted by Crippen LogP contribution is 2.39. The van der Waals surface area contributed by atoms with Gasteiger partial charge in [-0.3, -0.25) is 4.79 Å². The lowest BCUT2D eigenvalue weighted by Gasteiger charge is -2.13. The molecule has 4 rings (SSSR count). The number of hydrogen-bond acceptors (Lipinski definition) is 4. The van der Waals surface area contributed by atoms with Crippen molar-refractivity contribution in [2.75, 3.05) is 13.7 Å². The summed E-state index contributed by atoms with van der Waals surface area (Å²) in [5.41, 5.74) is 8.08. The van der Waals surface area contributed by atoms with Crippen LogP contribution in [0.15, 0.2) is 36.4 Å². The van der Waals surface area contributed by atoms with Crippen molar-refractivity contribution in [1.29, 1.82) is 0 Å². The van der Waals surface area contributed by atoms with E-state index in [1.165, 1.54) is 32.8 Å². The van der Waals surface area contributed by atoms with Gasteiger partial charge in [-0.15, -0.1) is 0 Å². The van der Waals surface area contributed by atoms with Gasteiger partial charge in [0, 0.05) is 17.5 Å². The van der Waals surface area contributed by atoms with Gasteiger partial charge >= 0.3 is 5.97 Å². The Hall–Kier alpha value is -3.02. The maximum absolute atomic E-state index is 12.1. The summed E-state index contributed by atoms with van der Waals surface area (Å²) in [6, 6.07) is 11.4. The van der Waals surface area contributed by atoms with Gasteiger partial charge in [-0.2, -0.15) is 0 Å². The summed E-state index contributed by atoms with van der Waals surface area (Å²) in [4.78, 5) is 23.7. The number of amides is 1. The zero-order valence-corrected chi connectivity index (χ0v) is 15.9. The van der Waals surface area contributed by atoms with Crippen LogP contribution in [0.2, 0.25) is 0 Å². The topological polar surface area (TPSA) is 83.6 Å². The maximum Gasteiger partial charge on any atom is 0.343 e. The Morgan fingerprint density at radius 3 is 2.43 bits per heavy atom. The van der Waals surface area contributed by atoms with Crippen LogP contribution < -0.4 is 10.5 Å². The van der Waals surface area contributed by atoms with E-state index < -0.39 is 11.9 Å². The number of aromatic nitrogens is 1. The second kappa shape index (κ2) is 7.54. The number of ether oxygens (including phenoxy) is 2. The third-order valence-corrected chi connectivity index (χ3v) is 5.63. The van der Waals surface area contributed by atoms with E-state index in [1.54, 1.807) is 6.07 Å². The minimum absolute atomic E-state index is 0.191. The van der Waals surface area contributed by atoms with Crippen molar-refractivity contribution < 1.29 is 19.1 Å². The lowest BCUT2D eigenvalue weighted by molar-refractivity contribution is -0.142. The van der Waals surface area contributed by atoms with Gasteiger partial charge in [0.1, 0.15) is 5.75 Å². The quantitative estimate of drug-likeness (QED) is 0.662. The first-order valence-corrected chi connectivity index (χ1v) is 9.63. The van der Waals surface area contributed by atoms with E-state index in [9.17, 15) is 9.59 Å². The van der Waals surface area contributed by atoms with Crippen molar-refractivity contribution in [2.45, 2.75) is 32.2 Å². The number of carbonyl (C=O) groups excluding carboxylic acids is 2. The summed E-state index contributed by atoms with van der Waals surface area (Å²) in [6.45, 7) is 0.701. The average molecular weight is 380 g/mol. The van der Waals surface area contributed by atoms with Crippen LogP contribution in [0.5, 0.6) is 5.75 Å². The molecular formula is C22H24N2O4. The highest BCUT2D eigenvalue weighted by atomic mass is 16.6. The number of fused-ring (bicyclic) bond motifs is 3. The Morgan fingerprint density at radius 2 is 1.75 bits per heavy atom. The molecule has 6 heteroatoms. The fourth-order valence-electron chi connectivity index (χ4n) is 4.32. The smallest absolute Gasteiger partial charge is 0.343 e. The van der Waals surface area contributed by atoms with Gasteiger partial charge < -0.3 is 19.8 Å². The van der Waals surface area contributed by atoms with Crippen LogP contribution in [-0.2, 0) is 16.1 Å². The lowest BCUT2D eigenvalue weighted by Crippen LogP contribution is -2.13. The van der Waals surface area contributed by atoms with E-state index in [0.717, 1.165) is 28.4 Å². The fraction of sp³-hybridized carbons (Fsp3) is 0.364. The van der Waals surface area contributed by atoms with E-state index in [1.807, 2.05) is 30.3 Å². The van der Waals surface area contributed by atoms with Gasteiger partial charge in [-0.05, 0) is 43.0 Å². The molecule has 1 saturated carbocycles. The van der Waals surface area contributed by atoms with Crippen LogP contribution in [0, 0.1) is 5.92 Å². The van der Waals surface area contributed by atoms with Crippen LogP contribution in [-0.4, -0.2) is 30.2 Å². The van der Waals surface area contributed by atoms with Gasteiger partial charge in [0.05, 0.1) is 23.5 Å². The van der Waals surface area contributed by atoms with Crippen LogP contribution in [0.4, 0.5) is 0 Å². The predicted octanol–water partition coefficient (Wildman–Crippen LogP) is 3.64. The highest BCUT2D eigenvalue weighted by Gasteiger charge is 2.23. The second-order valence-electron chi connectivity index (χ2n) is 7.34. The van der Waals surface area contributed by atoms with E-state index >= 15 is 0 Å². The largest absolute Gasteiger partial charge is 0.481 e. The van der Waals surface area contributed by atoms with E-state index in [0.29, 0.717) is 17.2 Å². The molecule has 0 unspecified atom stereocenters. The average Bonchev–Trinajstić information content (AvgIpc) is 3.33. The predicted molar refractivity (Wildman–Crippen MR) is 107 cm³/mol. The summed E-state index contributed by atoms with van der Waals surface area (Å²) < 4.78 is 12.7. The lowest BCUT2D eigenvalue weighted by atomic mass is 10.1. The van der Waals surface area contributed by atoms with Crippen molar-refractivity contribution >= 4 is 33.7 Å². The van der Waals surface area contributed by atoms with Crippen molar-refractivity contribution in [3.63, 3.8) is 0 Å². The number of carbonyl (C=O) groups is 2. The molecule has 0 atom stereocenters. The molecule has 146 valence electrons. The fourth-order valence-corrected chi connectivity index (χ4v) is 4.32. The number of esters is 1. The SMILES string of the molecule is COC(=O)COc1cccc2c1c1c(C(N)=O)cccc1n2CC1CCCC1. The summed E-state index contributed by atoms with van der Waals surface area (Å²) in [7, 11) is 1.32. The Bertz CT molecular complexity index is 1050. The van der Waals surface area contributed by atoms with Gasteiger partial charge in [0.2, 0.25) is 5.91 Å². The van der Waals surface area contributed by atoms with Crippen molar-refractivity contribution in [2.24, 2.45) is 11.7 Å². The van der Waals surface area contributed by atoms with Crippen LogP contribution in [0.25, 0.3) is 21.8 Å². The molecule has 0 aliphatic heterocycles. The maximum atomic E-state index is 12.1. The molecule has 0 radical (unpaired) electrons. The molecule has 1 heterocycles. The van der Waals surface area contributed by atoms with Crippen LogP contribution in [0.1, 0.15) is 36.0 Å². The third-order valence-electron chi connectivity index (χ3n) is 5.63. The van der Waals surface area contributed by atoms with Crippen LogP contribution >= 0.6 is 0 Å². The molecule has 1 amide bonds. The monoisotopic (exact) mass is 380 g/mol. The molecule has 2 N–H and O–H groups in total. The van der Waals surface area contributed by atoms with Gasteiger partial charge in [-0.25, -0.2) is 4.79 Å². The molecule has 0 bridgehead atoms. The Kier molecular flexibility index (Phi) is 4.94. The van der Waals surface area contributed by atoms with Crippen LogP contribution in [0.3, 0.4) is 0 Å². The molecule has 2 aromatic carbocycles. The summed E-state index contributed by atoms with van der Waals surface area (Å²) in [5.74, 6) is 0.234. The second-order valence-corrected chi connectivity index (χ2v) is 7.34. The number of primary amides is 1. The van der Waals surface area contributed by atoms with E-state index in [4.69, 9.17) is 10.5 Å². The number of rotatable bonds is 6. The molecule has 1 aliphatic carbocycles. The van der Waals surface area contributed by atoms with Crippen molar-refractivity contribution in [1.82, 2.24) is 4.57 Å². The molecule has 1 fully saturated rings. The van der Waals surface area contributed by atoms with Gasteiger partial charge in [0.25, 0.3) is 0 Å². The standard InChI is InChI=1S/C22H24N2O4/c1-27-19(25)13-28-18-11-5-10-17-21(18)20-15(22(23)26)8-4-9-16(20)24(17)12-14-6-2-3-7-14/h4-5,8-11,14H,2-3,6-7,12-13H2,1H3,(H2,23,26). The molecular weight excluding hydrogens is 356 g/mol. The minimum atomic E-state index is -0.478. The normalized spacial score (nSPS) is 14.6. The zero-order chi connectivity index (χ0) is 19.7. The summed E-state index contributed by atoms with van der Waals surface area (Å²) >= 11 is 0. The Balaban J connectivity index is 1.93. The molecule has 1 aliphatic rings. The van der Waals surface area contributed by atoms with Crippen molar-refractivity contribution in [3.8, 4) is 5.75 Å². The number of nitrogens with zero attached hydrogens (tertiary/aromatic N) is 1. The molecule has 28 heavy (non-hydrogen) atoms. The minimum Gasteiger partial charge on any atom is -0.481 e. The number of methoxy groups -OCH3 is 1. The van der Waals surface area contributed by atoms with Gasteiger partial charge in [-0.1, -0.05) is 25.0 Å². The Morgan fingerprint density at radius 1 is 1.07 bits per heavy atom. The first-order valence-electron chi connectivity index (χ1n) is 9.63. The Labute approximate surface area is 163 Å². The molecule has 3 aromatic rings. The summed E-state index contributed by atoms with van der Waals surface area (Å²) in [5, 5.41) is 1.59. The number of hydrogen-bond donors (Lipinski definition) is 1. The van der Waals surface area contributed by atoms with Gasteiger partial charge in [0.15, 0.2) is 6.61 Å². The number of nitrogens with two attached hydrogens (primary N) is 1. The number of benzene rings is 2. The third kappa shape index (κ3) is 3.19.